The third-order valence-electron chi connectivity index (χ3n) is 3.57. The monoisotopic (exact) mass is 279 g/mol. The van der Waals surface area contributed by atoms with Gasteiger partial charge in [-0.05, 0) is 13.8 Å². The molecule has 1 aromatic carbocycles. The molecule has 5 heteroatoms. The second kappa shape index (κ2) is 5.34. The van der Waals surface area contributed by atoms with E-state index >= 15 is 0 Å². The second-order valence-corrected chi connectivity index (χ2v) is 7.84. The van der Waals surface area contributed by atoms with Crippen LogP contribution in [0.5, 0.6) is 0 Å². The Morgan fingerprint density at radius 1 is 1.05 bits per heavy atom. The Morgan fingerprint density at radius 3 is 2.32 bits per heavy atom. The fourth-order valence-corrected chi connectivity index (χ4v) is 5.65. The van der Waals surface area contributed by atoms with E-state index in [1.54, 1.807) is 0 Å². The molecule has 4 rings (SSSR count). The average molecular weight is 279 g/mol. The molecule has 2 unspecified atom stereocenters. The van der Waals surface area contributed by atoms with E-state index in [4.69, 9.17) is 13.3 Å². The van der Waals surface area contributed by atoms with Gasteiger partial charge in [-0.2, -0.15) is 0 Å². The second-order valence-electron chi connectivity index (χ2n) is 5.39. The SMILES string of the molecule is CC1CN2CCO[Si](c3ccccc3)(O1)OC(C)C2. The van der Waals surface area contributed by atoms with Gasteiger partial charge in [-0.3, -0.25) is 4.90 Å². The van der Waals surface area contributed by atoms with E-state index in [1.807, 2.05) is 18.2 Å². The smallest absolute Gasteiger partial charge is 0.369 e. The van der Waals surface area contributed by atoms with Gasteiger partial charge in [0.25, 0.3) is 0 Å². The largest absolute Gasteiger partial charge is 0.537 e. The van der Waals surface area contributed by atoms with Crippen LogP contribution in [-0.2, 0) is 13.3 Å². The normalized spacial score (nSPS) is 39.4. The summed E-state index contributed by atoms with van der Waals surface area (Å²) in [6.07, 6.45) is 0.277. The number of nitrogens with zero attached hydrogens (tertiary/aromatic N) is 1. The first kappa shape index (κ1) is 13.3. The maximum atomic E-state index is 6.26. The van der Waals surface area contributed by atoms with E-state index < -0.39 is 8.80 Å². The highest BCUT2D eigenvalue weighted by atomic mass is 28.4. The van der Waals surface area contributed by atoms with Crippen molar-refractivity contribution in [3.8, 4) is 0 Å². The van der Waals surface area contributed by atoms with Crippen molar-refractivity contribution in [3.05, 3.63) is 30.3 Å². The number of fused-ring (bicyclic) bond motifs is 6. The first-order chi connectivity index (χ1) is 9.18. The molecule has 0 radical (unpaired) electrons. The average Bonchev–Trinajstić information content (AvgIpc) is 2.34. The molecular weight excluding hydrogens is 258 g/mol. The van der Waals surface area contributed by atoms with Crippen LogP contribution < -0.4 is 5.19 Å². The number of hydrogen-bond acceptors (Lipinski definition) is 4. The van der Waals surface area contributed by atoms with Crippen molar-refractivity contribution in [2.24, 2.45) is 0 Å². The van der Waals surface area contributed by atoms with Crippen LogP contribution in [-0.4, -0.2) is 52.2 Å². The van der Waals surface area contributed by atoms with Crippen molar-refractivity contribution >= 4 is 14.0 Å². The standard InChI is InChI=1S/C14H21NO3Si/c1-12-10-15-8-9-16-19(17-12,18-13(2)11-15)14-6-4-3-5-7-14/h3-7,12-13H,8-11H2,1-2H3. The predicted octanol–water partition coefficient (Wildman–Crippen LogP) is 0.988. The van der Waals surface area contributed by atoms with Crippen molar-refractivity contribution in [2.75, 3.05) is 26.2 Å². The number of rotatable bonds is 1. The molecule has 3 aliphatic rings. The van der Waals surface area contributed by atoms with Gasteiger partial charge >= 0.3 is 8.80 Å². The zero-order valence-electron chi connectivity index (χ0n) is 11.5. The Hall–Kier alpha value is -0.723. The van der Waals surface area contributed by atoms with Gasteiger partial charge in [-0.25, -0.2) is 0 Å². The van der Waals surface area contributed by atoms with Gasteiger partial charge in [-0.1, -0.05) is 30.3 Å². The molecule has 19 heavy (non-hydrogen) atoms. The molecule has 0 aliphatic carbocycles. The Bertz CT molecular complexity index is 414. The van der Waals surface area contributed by atoms with Gasteiger partial charge in [0, 0.05) is 24.8 Å². The highest BCUT2D eigenvalue weighted by Crippen LogP contribution is 2.22. The van der Waals surface area contributed by atoms with Crippen molar-refractivity contribution in [1.29, 1.82) is 0 Å². The summed E-state index contributed by atoms with van der Waals surface area (Å²) in [5.74, 6) is 0. The predicted molar refractivity (Wildman–Crippen MR) is 75.3 cm³/mol. The summed E-state index contributed by atoms with van der Waals surface area (Å²) in [4.78, 5) is 2.36. The lowest BCUT2D eigenvalue weighted by molar-refractivity contribution is -0.0501. The van der Waals surface area contributed by atoms with Gasteiger partial charge in [-0.15, -0.1) is 0 Å². The molecule has 0 aromatic heterocycles. The molecule has 1 aromatic rings. The zero-order chi connectivity index (χ0) is 13.3. The van der Waals surface area contributed by atoms with E-state index in [0.29, 0.717) is 6.61 Å². The fraction of sp³-hybridized carbons (Fsp3) is 0.571. The lowest BCUT2D eigenvalue weighted by Crippen LogP contribution is -2.65. The van der Waals surface area contributed by atoms with Gasteiger partial charge < -0.3 is 13.3 Å². The molecule has 2 bridgehead atoms. The van der Waals surface area contributed by atoms with E-state index in [-0.39, 0.29) is 12.2 Å². The van der Waals surface area contributed by atoms with Gasteiger partial charge in [0.1, 0.15) is 0 Å². The lowest BCUT2D eigenvalue weighted by Gasteiger charge is -2.43. The third-order valence-corrected chi connectivity index (χ3v) is 6.62. The fourth-order valence-electron chi connectivity index (χ4n) is 2.86. The van der Waals surface area contributed by atoms with Gasteiger partial charge in [0.15, 0.2) is 0 Å². The van der Waals surface area contributed by atoms with E-state index in [2.05, 4.69) is 30.9 Å². The summed E-state index contributed by atoms with van der Waals surface area (Å²) in [6.45, 7) is 7.76. The third kappa shape index (κ3) is 2.75. The van der Waals surface area contributed by atoms with Crippen LogP contribution in [0.2, 0.25) is 0 Å². The van der Waals surface area contributed by atoms with Gasteiger partial charge in [0.2, 0.25) is 0 Å². The van der Waals surface area contributed by atoms with Crippen LogP contribution in [0.3, 0.4) is 0 Å². The zero-order valence-corrected chi connectivity index (χ0v) is 12.5. The van der Waals surface area contributed by atoms with E-state index in [9.17, 15) is 0 Å². The first-order valence-electron chi connectivity index (χ1n) is 6.95. The molecule has 4 nitrogen and oxygen atoms in total. The summed E-state index contributed by atoms with van der Waals surface area (Å²) in [7, 11) is -2.76. The van der Waals surface area contributed by atoms with Crippen molar-refractivity contribution in [3.63, 3.8) is 0 Å². The van der Waals surface area contributed by atoms with Crippen molar-refractivity contribution in [1.82, 2.24) is 4.90 Å². The molecule has 104 valence electrons. The molecule has 3 aliphatic heterocycles. The summed E-state index contributed by atoms with van der Waals surface area (Å²) < 4.78 is 18.6. The van der Waals surface area contributed by atoms with Crippen molar-refractivity contribution in [2.45, 2.75) is 26.1 Å². The quantitative estimate of drug-likeness (QED) is 0.717. The summed E-state index contributed by atoms with van der Waals surface area (Å²) in [5, 5.41) is 1.07. The number of hydrogen-bond donors (Lipinski definition) is 0. The van der Waals surface area contributed by atoms with Gasteiger partial charge in [0.05, 0.1) is 18.8 Å². The van der Waals surface area contributed by atoms with E-state index in [1.165, 1.54) is 0 Å². The molecule has 0 saturated carbocycles. The molecule has 0 spiro atoms. The minimum absolute atomic E-state index is 0.139. The van der Waals surface area contributed by atoms with Crippen LogP contribution in [0, 0.1) is 0 Å². The Labute approximate surface area is 115 Å². The molecule has 2 atom stereocenters. The highest BCUT2D eigenvalue weighted by Gasteiger charge is 2.49. The lowest BCUT2D eigenvalue weighted by atomic mass is 10.3. The Balaban J connectivity index is 1.98. The maximum absolute atomic E-state index is 6.26. The molecule has 3 fully saturated rings. The maximum Gasteiger partial charge on any atom is 0.537 e. The molecule has 3 saturated heterocycles. The van der Waals surface area contributed by atoms with Crippen LogP contribution in [0.25, 0.3) is 0 Å². The summed E-state index contributed by atoms with van der Waals surface area (Å²) >= 11 is 0. The van der Waals surface area contributed by atoms with Crippen molar-refractivity contribution < 1.29 is 13.3 Å². The Morgan fingerprint density at radius 2 is 1.68 bits per heavy atom. The summed E-state index contributed by atoms with van der Waals surface area (Å²) in [6, 6.07) is 10.2. The van der Waals surface area contributed by atoms with Crippen LogP contribution >= 0.6 is 0 Å². The topological polar surface area (TPSA) is 30.9 Å². The molecular formula is C14H21NO3Si. The minimum atomic E-state index is -2.76. The molecule has 0 amide bonds. The van der Waals surface area contributed by atoms with E-state index in [0.717, 1.165) is 24.8 Å². The first-order valence-corrected chi connectivity index (χ1v) is 8.68. The van der Waals surface area contributed by atoms with Crippen LogP contribution in [0.15, 0.2) is 30.3 Å². The molecule has 0 N–H and O–H groups in total. The number of benzene rings is 1. The minimum Gasteiger partial charge on any atom is -0.369 e. The molecule has 3 heterocycles. The Kier molecular flexibility index (Phi) is 3.73. The van der Waals surface area contributed by atoms with Crippen LogP contribution in [0.4, 0.5) is 0 Å². The summed E-state index contributed by atoms with van der Waals surface area (Å²) in [5.41, 5.74) is 0. The van der Waals surface area contributed by atoms with Crippen LogP contribution in [0.1, 0.15) is 13.8 Å². The highest BCUT2D eigenvalue weighted by molar-refractivity contribution is 6.75.